The Labute approximate surface area is 298 Å². The Morgan fingerprint density at radius 2 is 1.67 bits per heavy atom. The molecule has 270 valence electrons. The second-order valence-electron chi connectivity index (χ2n) is 12.0. The van der Waals surface area contributed by atoms with E-state index in [2.05, 4.69) is 20.7 Å². The molecule has 0 bridgehead atoms. The lowest BCUT2D eigenvalue weighted by Crippen LogP contribution is -2.34. The molecule has 1 aliphatic rings. The molecule has 0 atom stereocenters. The van der Waals surface area contributed by atoms with E-state index in [-0.39, 0.29) is 46.3 Å². The number of carbonyl (C=O) groups is 3. The van der Waals surface area contributed by atoms with Crippen molar-refractivity contribution in [3.63, 3.8) is 0 Å². The molecule has 6 rings (SSSR count). The van der Waals surface area contributed by atoms with Gasteiger partial charge < -0.3 is 24.8 Å². The van der Waals surface area contributed by atoms with Gasteiger partial charge in [0.05, 0.1) is 30.0 Å². The standard InChI is InChI=1S/C36H35FN6O8S/c1-49-31-20-29(52(2,47)48)12-13-30(31)43(36(46)51-22-50-34(45)25-15-17-38-18-16-25)35-40-32-14-7-26(21-42(32)41-35)24-5-10-28(11-6-24)39-33(44)19-23-3-8-27(37)9-4-23/h3-14,20-21,25,38H,15-19,22H2,1-2H3,(H,39,44). The van der Waals surface area contributed by atoms with Crippen molar-refractivity contribution in [1.82, 2.24) is 19.9 Å². The number of carbonyl (C=O) groups excluding carboxylic acids is 3. The van der Waals surface area contributed by atoms with Crippen LogP contribution in [-0.4, -0.2) is 74.2 Å². The summed E-state index contributed by atoms with van der Waals surface area (Å²) in [5.41, 5.74) is 3.24. The summed E-state index contributed by atoms with van der Waals surface area (Å²) in [4.78, 5) is 44.2. The molecule has 2 amide bonds. The minimum Gasteiger partial charge on any atom is -0.495 e. The summed E-state index contributed by atoms with van der Waals surface area (Å²) in [6.45, 7) is 0.699. The molecular weight excluding hydrogens is 695 g/mol. The Morgan fingerprint density at radius 3 is 2.37 bits per heavy atom. The van der Waals surface area contributed by atoms with Crippen molar-refractivity contribution in [3.8, 4) is 16.9 Å². The van der Waals surface area contributed by atoms with Gasteiger partial charge in [0.15, 0.2) is 15.5 Å². The summed E-state index contributed by atoms with van der Waals surface area (Å²) >= 11 is 0. The fourth-order valence-corrected chi connectivity index (χ4v) is 6.25. The Balaban J connectivity index is 1.23. The first-order valence-electron chi connectivity index (χ1n) is 16.2. The highest BCUT2D eigenvalue weighted by molar-refractivity contribution is 7.90. The Morgan fingerprint density at radius 1 is 0.962 bits per heavy atom. The Kier molecular flexibility index (Phi) is 10.8. The van der Waals surface area contributed by atoms with Crippen molar-refractivity contribution in [2.75, 3.05) is 43.5 Å². The molecule has 1 fully saturated rings. The second kappa shape index (κ2) is 15.6. The lowest BCUT2D eigenvalue weighted by atomic mass is 9.99. The number of amides is 2. The zero-order valence-electron chi connectivity index (χ0n) is 28.2. The van der Waals surface area contributed by atoms with Gasteiger partial charge in [0.25, 0.3) is 5.95 Å². The average molecular weight is 731 g/mol. The van der Waals surface area contributed by atoms with Gasteiger partial charge in [-0.1, -0.05) is 24.3 Å². The monoisotopic (exact) mass is 730 g/mol. The SMILES string of the molecule is COc1cc(S(C)(=O)=O)ccc1N(C(=O)OCOC(=O)C1CCNCC1)c1nc2ccc(-c3ccc(NC(=O)Cc4ccc(F)cc4)cc3)cn2n1. The highest BCUT2D eigenvalue weighted by atomic mass is 32.2. The van der Waals surface area contributed by atoms with Crippen LogP contribution in [0.5, 0.6) is 5.75 Å². The number of nitrogens with zero attached hydrogens (tertiary/aromatic N) is 4. The number of ether oxygens (including phenoxy) is 3. The van der Waals surface area contributed by atoms with E-state index in [4.69, 9.17) is 14.2 Å². The van der Waals surface area contributed by atoms with Crippen LogP contribution in [0.1, 0.15) is 18.4 Å². The number of nitrogens with one attached hydrogen (secondary N) is 2. The highest BCUT2D eigenvalue weighted by Gasteiger charge is 2.29. The molecule has 14 nitrogen and oxygen atoms in total. The fourth-order valence-electron chi connectivity index (χ4n) is 5.61. The number of hydrogen-bond donors (Lipinski definition) is 2. The predicted octanol–water partition coefficient (Wildman–Crippen LogP) is 4.90. The number of benzene rings is 3. The lowest BCUT2D eigenvalue weighted by Gasteiger charge is -2.22. The van der Waals surface area contributed by atoms with E-state index in [0.717, 1.165) is 22.3 Å². The number of sulfone groups is 1. The van der Waals surface area contributed by atoms with Crippen LogP contribution in [-0.2, 0) is 35.3 Å². The molecule has 5 aromatic rings. The van der Waals surface area contributed by atoms with Gasteiger partial charge in [-0.15, -0.1) is 5.10 Å². The van der Waals surface area contributed by atoms with Gasteiger partial charge in [-0.25, -0.2) is 27.0 Å². The van der Waals surface area contributed by atoms with Gasteiger partial charge >= 0.3 is 12.1 Å². The average Bonchev–Trinajstić information content (AvgIpc) is 3.56. The number of methoxy groups -OCH3 is 1. The largest absolute Gasteiger partial charge is 0.495 e. The van der Waals surface area contributed by atoms with Crippen molar-refractivity contribution in [1.29, 1.82) is 0 Å². The number of esters is 1. The molecule has 52 heavy (non-hydrogen) atoms. The van der Waals surface area contributed by atoms with Crippen LogP contribution >= 0.6 is 0 Å². The molecule has 3 aromatic carbocycles. The Bertz CT molecular complexity index is 2200. The summed E-state index contributed by atoms with van der Waals surface area (Å²) in [6.07, 6.45) is 3.05. The minimum absolute atomic E-state index is 0.0240. The molecule has 0 saturated carbocycles. The summed E-state index contributed by atoms with van der Waals surface area (Å²) in [7, 11) is -2.30. The van der Waals surface area contributed by atoms with Crippen molar-refractivity contribution >= 4 is 50.8 Å². The number of rotatable bonds is 11. The second-order valence-corrected chi connectivity index (χ2v) is 14.0. The molecule has 0 aliphatic carbocycles. The molecule has 0 spiro atoms. The third kappa shape index (κ3) is 8.52. The van der Waals surface area contributed by atoms with Crippen molar-refractivity contribution in [2.45, 2.75) is 24.2 Å². The van der Waals surface area contributed by atoms with Gasteiger partial charge in [-0.3, -0.25) is 9.59 Å². The molecule has 2 N–H and O–H groups in total. The number of fused-ring (bicyclic) bond motifs is 1. The normalized spacial score (nSPS) is 13.4. The molecule has 0 unspecified atom stereocenters. The molecule has 3 heterocycles. The van der Waals surface area contributed by atoms with Crippen LogP contribution in [0.3, 0.4) is 0 Å². The molecular formula is C36H35FN6O8S. The number of anilines is 3. The maximum absolute atomic E-state index is 13.6. The first kappa shape index (κ1) is 35.9. The van der Waals surface area contributed by atoms with Gasteiger partial charge in [-0.05, 0) is 85.6 Å². The van der Waals surface area contributed by atoms with Crippen molar-refractivity contribution < 1.29 is 41.4 Å². The summed E-state index contributed by atoms with van der Waals surface area (Å²) in [5, 5.41) is 10.5. The van der Waals surface area contributed by atoms with E-state index in [1.54, 1.807) is 42.6 Å². The van der Waals surface area contributed by atoms with Crippen LogP contribution in [0.4, 0.5) is 26.5 Å². The third-order valence-electron chi connectivity index (χ3n) is 8.36. The van der Waals surface area contributed by atoms with Crippen LogP contribution in [0.2, 0.25) is 0 Å². The van der Waals surface area contributed by atoms with Crippen LogP contribution < -0.4 is 20.3 Å². The third-order valence-corrected chi connectivity index (χ3v) is 9.47. The first-order chi connectivity index (χ1) is 25.0. The quantitative estimate of drug-likeness (QED) is 0.140. The summed E-state index contributed by atoms with van der Waals surface area (Å²) in [5.74, 6) is -1.51. The van der Waals surface area contributed by atoms with Crippen LogP contribution in [0, 0.1) is 11.7 Å². The zero-order chi connectivity index (χ0) is 36.8. The van der Waals surface area contributed by atoms with Gasteiger partial charge in [-0.2, -0.15) is 4.98 Å². The van der Waals surface area contributed by atoms with Crippen molar-refractivity contribution in [2.24, 2.45) is 5.92 Å². The van der Waals surface area contributed by atoms with E-state index >= 15 is 0 Å². The van der Waals surface area contributed by atoms with E-state index < -0.39 is 28.7 Å². The van der Waals surface area contributed by atoms with Crippen molar-refractivity contribution in [3.05, 3.63) is 96.4 Å². The van der Waals surface area contributed by atoms with E-state index in [1.165, 1.54) is 42.0 Å². The predicted molar refractivity (Wildman–Crippen MR) is 188 cm³/mol. The number of aromatic nitrogens is 3. The number of pyridine rings is 1. The minimum atomic E-state index is -3.62. The highest BCUT2D eigenvalue weighted by Crippen LogP contribution is 2.35. The van der Waals surface area contributed by atoms with Crippen LogP contribution in [0.15, 0.2) is 90.0 Å². The van der Waals surface area contributed by atoms with Gasteiger partial charge in [0, 0.05) is 29.8 Å². The summed E-state index contributed by atoms with van der Waals surface area (Å²) in [6, 6.07) is 20.3. The fraction of sp³-hybridized carbons (Fsp3) is 0.250. The van der Waals surface area contributed by atoms with Gasteiger partial charge in [0.2, 0.25) is 12.7 Å². The number of piperidine rings is 1. The molecule has 1 aliphatic heterocycles. The lowest BCUT2D eigenvalue weighted by molar-refractivity contribution is -0.157. The number of halogens is 1. The first-order valence-corrected chi connectivity index (χ1v) is 18.1. The topological polar surface area (TPSA) is 171 Å². The van der Waals surface area contributed by atoms with Gasteiger partial charge in [0.1, 0.15) is 11.6 Å². The van der Waals surface area contributed by atoms with Crippen LogP contribution in [0.25, 0.3) is 16.8 Å². The molecule has 16 heteroatoms. The van der Waals surface area contributed by atoms with E-state index in [0.29, 0.717) is 42.8 Å². The van der Waals surface area contributed by atoms with E-state index in [9.17, 15) is 27.2 Å². The summed E-state index contributed by atoms with van der Waals surface area (Å²) < 4.78 is 55.2. The molecule has 2 aromatic heterocycles. The number of hydrogen-bond acceptors (Lipinski definition) is 11. The molecule has 0 radical (unpaired) electrons. The van der Waals surface area contributed by atoms with E-state index in [1.807, 2.05) is 12.1 Å². The maximum Gasteiger partial charge on any atom is 0.424 e. The molecule has 1 saturated heterocycles. The zero-order valence-corrected chi connectivity index (χ0v) is 29.1. The Hall–Kier alpha value is -5.87. The maximum atomic E-state index is 13.6. The smallest absolute Gasteiger partial charge is 0.424 e.